The quantitative estimate of drug-likeness (QED) is 0.257. The molecule has 3 rings (SSSR count). The molecule has 5 N–H and O–H groups in total. The average molecular weight is 477 g/mol. The van der Waals surface area contributed by atoms with Crippen LogP contribution in [0.2, 0.25) is 0 Å². The molecule has 1 atom stereocenters. The third-order valence-electron chi connectivity index (χ3n) is 5.10. The molecule has 0 aliphatic rings. The third-order valence-corrected chi connectivity index (χ3v) is 5.10. The van der Waals surface area contributed by atoms with Gasteiger partial charge in [-0.25, -0.2) is 4.79 Å². The van der Waals surface area contributed by atoms with Gasteiger partial charge >= 0.3 is 6.03 Å². The lowest BCUT2D eigenvalue weighted by Gasteiger charge is -2.14. The van der Waals surface area contributed by atoms with E-state index in [9.17, 15) is 14.7 Å². The van der Waals surface area contributed by atoms with Crippen LogP contribution in [0.15, 0.2) is 78.9 Å². The van der Waals surface area contributed by atoms with E-state index in [-0.39, 0.29) is 18.5 Å². The fourth-order valence-electron chi connectivity index (χ4n) is 3.29. The van der Waals surface area contributed by atoms with Crippen molar-refractivity contribution in [3.8, 4) is 5.75 Å². The molecule has 0 aliphatic carbocycles. The number of hydrogen-bond acceptors (Lipinski definition) is 5. The zero-order valence-corrected chi connectivity index (χ0v) is 19.8. The minimum absolute atomic E-state index is 0.0864. The molecule has 0 heterocycles. The predicted molar refractivity (Wildman–Crippen MR) is 138 cm³/mol. The third kappa shape index (κ3) is 9.87. The second-order valence-corrected chi connectivity index (χ2v) is 8.12. The van der Waals surface area contributed by atoms with Gasteiger partial charge in [0.1, 0.15) is 18.5 Å². The molecule has 184 valence electrons. The van der Waals surface area contributed by atoms with Gasteiger partial charge in [-0.3, -0.25) is 4.79 Å². The van der Waals surface area contributed by atoms with Gasteiger partial charge in [-0.2, -0.15) is 0 Å². The van der Waals surface area contributed by atoms with Crippen molar-refractivity contribution in [2.45, 2.75) is 26.0 Å². The van der Waals surface area contributed by atoms with Crippen LogP contribution in [0, 0.1) is 0 Å². The lowest BCUT2D eigenvalue weighted by Crippen LogP contribution is -2.32. The van der Waals surface area contributed by atoms with Crippen molar-refractivity contribution in [2.75, 3.05) is 30.3 Å². The van der Waals surface area contributed by atoms with E-state index in [1.165, 1.54) is 6.92 Å². The van der Waals surface area contributed by atoms with Gasteiger partial charge in [0, 0.05) is 31.4 Å². The number of aliphatic hydroxyl groups excluding tert-OH is 1. The molecule has 0 unspecified atom stereocenters. The normalized spacial score (nSPS) is 11.4. The zero-order valence-electron chi connectivity index (χ0n) is 19.8. The predicted octanol–water partition coefficient (Wildman–Crippen LogP) is 3.54. The topological polar surface area (TPSA) is 112 Å². The Hall–Kier alpha value is -3.88. The number of amides is 3. The Morgan fingerprint density at radius 1 is 0.886 bits per heavy atom. The number of aliphatic hydroxyl groups is 1. The Kier molecular flexibility index (Phi) is 10.1. The van der Waals surface area contributed by atoms with Gasteiger partial charge in [-0.1, -0.05) is 42.5 Å². The molecule has 0 aromatic heterocycles. The number of urea groups is 1. The van der Waals surface area contributed by atoms with Crippen molar-refractivity contribution in [3.63, 3.8) is 0 Å². The van der Waals surface area contributed by atoms with Crippen molar-refractivity contribution in [1.29, 1.82) is 0 Å². The highest BCUT2D eigenvalue weighted by molar-refractivity contribution is 5.99. The van der Waals surface area contributed by atoms with Crippen LogP contribution in [0.1, 0.15) is 18.1 Å². The first-order valence-corrected chi connectivity index (χ1v) is 11.5. The van der Waals surface area contributed by atoms with E-state index in [2.05, 4.69) is 21.3 Å². The van der Waals surface area contributed by atoms with E-state index in [4.69, 9.17) is 4.74 Å². The summed E-state index contributed by atoms with van der Waals surface area (Å²) in [6, 6.07) is 24.1. The molecule has 35 heavy (non-hydrogen) atoms. The minimum Gasteiger partial charge on any atom is -0.491 e. The fourth-order valence-corrected chi connectivity index (χ4v) is 3.29. The second-order valence-electron chi connectivity index (χ2n) is 8.12. The van der Waals surface area contributed by atoms with Gasteiger partial charge in [0.05, 0.1) is 0 Å². The standard InChI is InChI=1S/C27H32N4O4/c1-20(32)29-17-22-6-5-9-26(16-22)35-19-25(33)18-28-15-14-21-10-12-24(13-11-21)31-27(34)30-23-7-3-2-4-8-23/h2-13,16,25,28,33H,14-15,17-19H2,1H3,(H,29,32)(H2,30,31,34)/t25-/m0/s1. The molecule has 0 spiro atoms. The molecule has 0 radical (unpaired) electrons. The highest BCUT2D eigenvalue weighted by Gasteiger charge is 2.06. The van der Waals surface area contributed by atoms with E-state index in [1.807, 2.05) is 78.9 Å². The summed E-state index contributed by atoms with van der Waals surface area (Å²) in [6.07, 6.45) is 0.138. The van der Waals surface area contributed by atoms with E-state index >= 15 is 0 Å². The van der Waals surface area contributed by atoms with Crippen molar-refractivity contribution >= 4 is 23.3 Å². The molecule has 3 aromatic carbocycles. The maximum absolute atomic E-state index is 12.1. The summed E-state index contributed by atoms with van der Waals surface area (Å²) < 4.78 is 5.67. The fraction of sp³-hybridized carbons (Fsp3) is 0.259. The molecular weight excluding hydrogens is 444 g/mol. The second kappa shape index (κ2) is 13.7. The van der Waals surface area contributed by atoms with E-state index in [1.54, 1.807) is 0 Å². The van der Waals surface area contributed by atoms with Crippen LogP contribution in [0.4, 0.5) is 16.2 Å². The van der Waals surface area contributed by atoms with Gasteiger partial charge in [0.25, 0.3) is 0 Å². The highest BCUT2D eigenvalue weighted by Crippen LogP contribution is 2.14. The smallest absolute Gasteiger partial charge is 0.323 e. The molecule has 0 bridgehead atoms. The number of nitrogens with one attached hydrogen (secondary N) is 4. The van der Waals surface area contributed by atoms with Gasteiger partial charge in [-0.15, -0.1) is 0 Å². The lowest BCUT2D eigenvalue weighted by atomic mass is 10.1. The summed E-state index contributed by atoms with van der Waals surface area (Å²) >= 11 is 0. The van der Waals surface area contributed by atoms with Crippen LogP contribution in [0.5, 0.6) is 5.75 Å². The van der Waals surface area contributed by atoms with Crippen molar-refractivity contribution in [3.05, 3.63) is 90.0 Å². The number of carbonyl (C=O) groups is 2. The van der Waals surface area contributed by atoms with E-state index in [0.29, 0.717) is 31.1 Å². The first-order valence-electron chi connectivity index (χ1n) is 11.5. The molecule has 0 fully saturated rings. The molecule has 0 aliphatic heterocycles. The number of benzene rings is 3. The Morgan fingerprint density at radius 3 is 2.31 bits per heavy atom. The summed E-state index contributed by atoms with van der Waals surface area (Å²) in [4.78, 5) is 23.1. The maximum atomic E-state index is 12.1. The van der Waals surface area contributed by atoms with Crippen LogP contribution < -0.4 is 26.0 Å². The van der Waals surface area contributed by atoms with Crippen LogP contribution >= 0.6 is 0 Å². The highest BCUT2D eigenvalue weighted by atomic mass is 16.5. The molecule has 3 aromatic rings. The number of ether oxygens (including phenoxy) is 1. The number of rotatable bonds is 12. The molecule has 8 heteroatoms. The van der Waals surface area contributed by atoms with Gasteiger partial charge in [-0.05, 0) is 60.5 Å². The maximum Gasteiger partial charge on any atom is 0.323 e. The largest absolute Gasteiger partial charge is 0.491 e. The summed E-state index contributed by atoms with van der Waals surface area (Å²) in [6.45, 7) is 3.19. The lowest BCUT2D eigenvalue weighted by molar-refractivity contribution is -0.119. The van der Waals surface area contributed by atoms with E-state index in [0.717, 1.165) is 23.2 Å². The van der Waals surface area contributed by atoms with Crippen LogP contribution in [0.3, 0.4) is 0 Å². The minimum atomic E-state index is -0.649. The molecule has 8 nitrogen and oxygen atoms in total. The van der Waals surface area contributed by atoms with Crippen molar-refractivity contribution in [1.82, 2.24) is 10.6 Å². The van der Waals surface area contributed by atoms with Gasteiger partial charge in [0.2, 0.25) is 5.91 Å². The first-order chi connectivity index (χ1) is 17.0. The van der Waals surface area contributed by atoms with Gasteiger partial charge in [0.15, 0.2) is 0 Å². The number of carbonyl (C=O) groups excluding carboxylic acids is 2. The van der Waals surface area contributed by atoms with Crippen molar-refractivity contribution in [2.24, 2.45) is 0 Å². The van der Waals surface area contributed by atoms with Crippen LogP contribution in [0.25, 0.3) is 0 Å². The Morgan fingerprint density at radius 2 is 1.60 bits per heavy atom. The number of para-hydroxylation sites is 1. The zero-order chi connectivity index (χ0) is 24.9. The molecule has 0 saturated heterocycles. The molecule has 3 amide bonds. The number of hydrogen-bond donors (Lipinski definition) is 5. The summed E-state index contributed by atoms with van der Waals surface area (Å²) in [5.74, 6) is 0.565. The first kappa shape index (κ1) is 25.7. The van der Waals surface area contributed by atoms with Gasteiger partial charge < -0.3 is 31.1 Å². The summed E-state index contributed by atoms with van der Waals surface area (Å²) in [5.41, 5.74) is 3.50. The average Bonchev–Trinajstić information content (AvgIpc) is 2.86. The summed E-state index contributed by atoms with van der Waals surface area (Å²) in [7, 11) is 0. The van der Waals surface area contributed by atoms with Crippen molar-refractivity contribution < 1.29 is 19.4 Å². The van der Waals surface area contributed by atoms with Crippen LogP contribution in [-0.4, -0.2) is 42.8 Å². The molecule has 0 saturated carbocycles. The Labute approximate surface area is 205 Å². The SMILES string of the molecule is CC(=O)NCc1cccc(OC[C@@H](O)CNCCc2ccc(NC(=O)Nc3ccccc3)cc2)c1. The van der Waals surface area contributed by atoms with Crippen LogP contribution in [-0.2, 0) is 17.8 Å². The number of anilines is 2. The Bertz CT molecular complexity index is 1070. The molecular formula is C27H32N4O4. The monoisotopic (exact) mass is 476 g/mol. The Balaban J connectivity index is 1.31. The summed E-state index contributed by atoms with van der Waals surface area (Å²) in [5, 5.41) is 21.8. The van der Waals surface area contributed by atoms with E-state index < -0.39 is 6.10 Å².